The molecule has 4 heteroatoms. The van der Waals surface area contributed by atoms with E-state index in [9.17, 15) is 4.79 Å². The second kappa shape index (κ2) is 7.50. The Balaban J connectivity index is 1.85. The van der Waals surface area contributed by atoms with Gasteiger partial charge in [0.25, 0.3) is 0 Å². The molecule has 0 aromatic heterocycles. The van der Waals surface area contributed by atoms with Crippen molar-refractivity contribution in [3.8, 4) is 0 Å². The summed E-state index contributed by atoms with van der Waals surface area (Å²) in [6.45, 7) is 2.12. The number of thioether (sulfide) groups is 1. The van der Waals surface area contributed by atoms with E-state index in [-0.39, 0.29) is 5.91 Å². The van der Waals surface area contributed by atoms with Crippen LogP contribution < -0.4 is 5.32 Å². The topological polar surface area (TPSA) is 29.1 Å². The molecule has 0 aliphatic heterocycles. The van der Waals surface area contributed by atoms with Crippen molar-refractivity contribution >= 4 is 39.3 Å². The number of hydrogen-bond acceptors (Lipinski definition) is 2. The molecule has 0 aliphatic rings. The predicted octanol–water partition coefficient (Wildman–Crippen LogP) is 4.88. The summed E-state index contributed by atoms with van der Waals surface area (Å²) in [5.41, 5.74) is 2.05. The molecule has 2 rings (SSSR count). The first-order chi connectivity index (χ1) is 9.66. The number of para-hydroxylation sites is 1. The fraction of sp³-hybridized carbons (Fsp3) is 0.188. The van der Waals surface area contributed by atoms with Gasteiger partial charge in [-0.1, -0.05) is 42.5 Å². The Morgan fingerprint density at radius 1 is 1.15 bits per heavy atom. The van der Waals surface area contributed by atoms with Crippen LogP contribution in [0.4, 0.5) is 5.69 Å². The lowest BCUT2D eigenvalue weighted by molar-refractivity contribution is -0.113. The SMILES string of the molecule is CC(SCC(=O)Nc1ccccc1Br)c1ccccc1. The van der Waals surface area contributed by atoms with Crippen LogP contribution in [-0.2, 0) is 4.79 Å². The van der Waals surface area contributed by atoms with Crippen molar-refractivity contribution in [3.63, 3.8) is 0 Å². The van der Waals surface area contributed by atoms with E-state index in [2.05, 4.69) is 40.3 Å². The van der Waals surface area contributed by atoms with E-state index in [0.717, 1.165) is 10.2 Å². The van der Waals surface area contributed by atoms with Gasteiger partial charge in [-0.25, -0.2) is 0 Å². The van der Waals surface area contributed by atoms with Crippen LogP contribution in [0.25, 0.3) is 0 Å². The average Bonchev–Trinajstić information content (AvgIpc) is 2.48. The molecular weight excluding hydrogens is 334 g/mol. The number of carbonyl (C=O) groups is 1. The van der Waals surface area contributed by atoms with Crippen LogP contribution in [0.1, 0.15) is 17.7 Å². The van der Waals surface area contributed by atoms with Crippen molar-refractivity contribution < 1.29 is 4.79 Å². The van der Waals surface area contributed by atoms with Gasteiger partial charge in [-0.3, -0.25) is 4.79 Å². The summed E-state index contributed by atoms with van der Waals surface area (Å²) in [4.78, 5) is 11.9. The van der Waals surface area contributed by atoms with Gasteiger partial charge in [0.2, 0.25) is 5.91 Å². The quantitative estimate of drug-likeness (QED) is 0.833. The Labute approximate surface area is 132 Å². The van der Waals surface area contributed by atoms with E-state index in [0.29, 0.717) is 11.0 Å². The highest BCUT2D eigenvalue weighted by atomic mass is 79.9. The van der Waals surface area contributed by atoms with Crippen LogP contribution in [0.5, 0.6) is 0 Å². The highest BCUT2D eigenvalue weighted by Gasteiger charge is 2.10. The highest BCUT2D eigenvalue weighted by Crippen LogP contribution is 2.28. The first-order valence-corrected chi connectivity index (χ1v) is 8.22. The van der Waals surface area contributed by atoms with E-state index < -0.39 is 0 Å². The van der Waals surface area contributed by atoms with Gasteiger partial charge in [0, 0.05) is 9.72 Å². The summed E-state index contributed by atoms with van der Waals surface area (Å²) in [5, 5.41) is 3.22. The molecule has 2 aromatic carbocycles. The summed E-state index contributed by atoms with van der Waals surface area (Å²) in [6.07, 6.45) is 0. The molecule has 1 atom stereocenters. The molecule has 0 aliphatic carbocycles. The number of halogens is 1. The first-order valence-electron chi connectivity index (χ1n) is 6.38. The van der Waals surface area contributed by atoms with Gasteiger partial charge < -0.3 is 5.32 Å². The third kappa shape index (κ3) is 4.39. The molecule has 104 valence electrons. The lowest BCUT2D eigenvalue weighted by atomic mass is 10.2. The standard InChI is InChI=1S/C16H16BrNOS/c1-12(13-7-3-2-4-8-13)20-11-16(19)18-15-10-6-5-9-14(15)17/h2-10,12H,11H2,1H3,(H,18,19). The molecule has 0 fully saturated rings. The van der Waals surface area contributed by atoms with Crippen molar-refractivity contribution in [1.29, 1.82) is 0 Å². The van der Waals surface area contributed by atoms with Gasteiger partial charge in [0.05, 0.1) is 11.4 Å². The molecule has 1 amide bonds. The van der Waals surface area contributed by atoms with Gasteiger partial charge in [-0.15, -0.1) is 11.8 Å². The molecule has 0 saturated carbocycles. The molecular formula is C16H16BrNOS. The summed E-state index contributed by atoms with van der Waals surface area (Å²) in [7, 11) is 0. The Hall–Kier alpha value is -1.26. The Bertz CT molecular complexity index is 574. The molecule has 0 bridgehead atoms. The van der Waals surface area contributed by atoms with Crippen LogP contribution in [-0.4, -0.2) is 11.7 Å². The molecule has 1 N–H and O–H groups in total. The predicted molar refractivity (Wildman–Crippen MR) is 90.1 cm³/mol. The average molecular weight is 350 g/mol. The van der Waals surface area contributed by atoms with E-state index >= 15 is 0 Å². The van der Waals surface area contributed by atoms with Gasteiger partial charge in [-0.05, 0) is 40.5 Å². The Morgan fingerprint density at radius 2 is 1.80 bits per heavy atom. The van der Waals surface area contributed by atoms with Crippen molar-refractivity contribution in [2.75, 3.05) is 11.1 Å². The number of carbonyl (C=O) groups excluding carboxylic acids is 1. The van der Waals surface area contributed by atoms with E-state index in [1.165, 1.54) is 5.56 Å². The molecule has 2 nitrogen and oxygen atoms in total. The van der Waals surface area contributed by atoms with E-state index in [4.69, 9.17) is 0 Å². The second-order valence-electron chi connectivity index (χ2n) is 4.39. The van der Waals surface area contributed by atoms with Gasteiger partial charge in [0.1, 0.15) is 0 Å². The number of hydrogen-bond donors (Lipinski definition) is 1. The number of nitrogens with one attached hydrogen (secondary N) is 1. The Kier molecular flexibility index (Phi) is 5.68. The molecule has 1 unspecified atom stereocenters. The van der Waals surface area contributed by atoms with Crippen LogP contribution >= 0.6 is 27.7 Å². The molecule has 0 heterocycles. The highest BCUT2D eigenvalue weighted by molar-refractivity contribution is 9.10. The summed E-state index contributed by atoms with van der Waals surface area (Å²) >= 11 is 5.06. The van der Waals surface area contributed by atoms with E-state index in [1.807, 2.05) is 42.5 Å². The minimum atomic E-state index is 0.0182. The fourth-order valence-corrected chi connectivity index (χ4v) is 2.98. The third-order valence-electron chi connectivity index (χ3n) is 2.88. The zero-order valence-electron chi connectivity index (χ0n) is 11.2. The van der Waals surface area contributed by atoms with Gasteiger partial charge >= 0.3 is 0 Å². The molecule has 0 radical (unpaired) electrons. The maximum atomic E-state index is 11.9. The van der Waals surface area contributed by atoms with Gasteiger partial charge in [-0.2, -0.15) is 0 Å². The largest absolute Gasteiger partial charge is 0.324 e. The molecule has 2 aromatic rings. The molecule has 0 saturated heterocycles. The monoisotopic (exact) mass is 349 g/mol. The minimum Gasteiger partial charge on any atom is -0.324 e. The zero-order valence-corrected chi connectivity index (χ0v) is 13.6. The van der Waals surface area contributed by atoms with Crippen molar-refractivity contribution in [2.24, 2.45) is 0 Å². The van der Waals surface area contributed by atoms with Crippen LogP contribution in [0.3, 0.4) is 0 Å². The Morgan fingerprint density at radius 3 is 2.50 bits per heavy atom. The number of amides is 1. The van der Waals surface area contributed by atoms with Gasteiger partial charge in [0.15, 0.2) is 0 Å². The zero-order chi connectivity index (χ0) is 14.4. The first kappa shape index (κ1) is 15.1. The summed E-state index contributed by atoms with van der Waals surface area (Å²) < 4.78 is 0.898. The number of benzene rings is 2. The van der Waals surface area contributed by atoms with E-state index in [1.54, 1.807) is 11.8 Å². The maximum absolute atomic E-state index is 11.9. The lowest BCUT2D eigenvalue weighted by Crippen LogP contribution is -2.15. The third-order valence-corrected chi connectivity index (χ3v) is 4.77. The molecule has 0 spiro atoms. The van der Waals surface area contributed by atoms with Crippen LogP contribution in [0, 0.1) is 0 Å². The molecule has 20 heavy (non-hydrogen) atoms. The summed E-state index contributed by atoms with van der Waals surface area (Å²) in [5.74, 6) is 0.460. The van der Waals surface area contributed by atoms with Crippen LogP contribution in [0.15, 0.2) is 59.1 Å². The van der Waals surface area contributed by atoms with Crippen molar-refractivity contribution in [2.45, 2.75) is 12.2 Å². The second-order valence-corrected chi connectivity index (χ2v) is 6.58. The number of anilines is 1. The maximum Gasteiger partial charge on any atom is 0.234 e. The lowest BCUT2D eigenvalue weighted by Gasteiger charge is -2.12. The fourth-order valence-electron chi connectivity index (χ4n) is 1.77. The normalized spacial score (nSPS) is 11.9. The smallest absolute Gasteiger partial charge is 0.234 e. The van der Waals surface area contributed by atoms with Crippen LogP contribution in [0.2, 0.25) is 0 Å². The summed E-state index contributed by atoms with van der Waals surface area (Å²) in [6, 6.07) is 17.8. The van der Waals surface area contributed by atoms with Crippen molar-refractivity contribution in [3.05, 3.63) is 64.6 Å². The number of rotatable bonds is 5. The van der Waals surface area contributed by atoms with Crippen molar-refractivity contribution in [1.82, 2.24) is 0 Å². The minimum absolute atomic E-state index is 0.0182.